The predicted octanol–water partition coefficient (Wildman–Crippen LogP) is 4.40. The minimum absolute atomic E-state index is 0.0516. The summed E-state index contributed by atoms with van der Waals surface area (Å²) in [4.78, 5) is 46.3. The lowest BCUT2D eigenvalue weighted by Gasteiger charge is -2.37. The van der Waals surface area contributed by atoms with Gasteiger partial charge in [0.15, 0.2) is 0 Å². The third kappa shape index (κ3) is 7.27. The Labute approximate surface area is 260 Å². The summed E-state index contributed by atoms with van der Waals surface area (Å²) in [5.74, 6) is 0.0615. The fourth-order valence-corrected chi connectivity index (χ4v) is 6.78. The van der Waals surface area contributed by atoms with Gasteiger partial charge in [-0.1, -0.05) is 24.3 Å². The Morgan fingerprint density at radius 1 is 0.800 bits per heavy atom. The first-order valence-electron chi connectivity index (χ1n) is 15.7. The minimum Gasteiger partial charge on any atom is -0.441 e. The van der Waals surface area contributed by atoms with Crippen molar-refractivity contribution in [2.75, 3.05) is 59.0 Å². The van der Waals surface area contributed by atoms with Crippen molar-refractivity contribution in [3.8, 4) is 0 Å². The first-order chi connectivity index (χ1) is 21.6. The number of nitrogens with zero attached hydrogens (tertiary/aromatic N) is 4. The zero-order valence-electron chi connectivity index (χ0n) is 25.3. The van der Waals surface area contributed by atoms with Crippen molar-refractivity contribution in [3.05, 3.63) is 70.8 Å². The smallest absolute Gasteiger partial charge is 0.416 e. The Bertz CT molecular complexity index is 1360. The van der Waals surface area contributed by atoms with Gasteiger partial charge >= 0.3 is 12.3 Å². The number of amides is 3. The third-order valence-corrected chi connectivity index (χ3v) is 9.52. The molecule has 4 fully saturated rings. The lowest BCUT2D eigenvalue weighted by Crippen LogP contribution is -2.47. The number of alkyl halides is 3. The van der Waals surface area contributed by atoms with Crippen molar-refractivity contribution >= 4 is 17.9 Å². The maximum absolute atomic E-state index is 13.2. The number of hydrogen-bond donors (Lipinski definition) is 0. The number of piperidine rings is 2. The van der Waals surface area contributed by atoms with Crippen molar-refractivity contribution in [1.82, 2.24) is 19.6 Å². The fourth-order valence-electron chi connectivity index (χ4n) is 6.78. The fraction of sp³-hybridized carbons (Fsp3) is 0.545. The number of rotatable bonds is 6. The van der Waals surface area contributed by atoms with Crippen molar-refractivity contribution in [3.63, 3.8) is 0 Å². The van der Waals surface area contributed by atoms with Crippen molar-refractivity contribution < 1.29 is 37.0 Å². The Hall–Kier alpha value is -3.64. The molecule has 0 radical (unpaired) electrons. The number of carbonyl (C=O) groups excluding carboxylic acids is 3. The number of ether oxygens (including phenoxy) is 2. The quantitative estimate of drug-likeness (QED) is 0.472. The highest BCUT2D eigenvalue weighted by molar-refractivity contribution is 5.94. The molecule has 1 spiro atoms. The van der Waals surface area contributed by atoms with E-state index in [1.54, 1.807) is 17.0 Å². The SMILES string of the molecule is O=C1OC2(CCN(Cc3ccc(C(F)(F)F)cc3)CC2)CN1Cc1ccc(C(=O)N2CCC(C(=O)N3CCOCC3)CC2)cc1. The molecule has 0 saturated carbocycles. The van der Waals surface area contributed by atoms with E-state index in [4.69, 9.17) is 9.47 Å². The number of benzene rings is 2. The monoisotopic (exact) mass is 628 g/mol. The highest BCUT2D eigenvalue weighted by Crippen LogP contribution is 2.35. The molecule has 2 aromatic rings. The molecule has 9 nitrogen and oxygen atoms in total. The number of likely N-dealkylation sites (tertiary alicyclic amines) is 2. The van der Waals surface area contributed by atoms with Gasteiger partial charge in [0.2, 0.25) is 5.91 Å². The van der Waals surface area contributed by atoms with Crippen molar-refractivity contribution in [1.29, 1.82) is 0 Å². The van der Waals surface area contributed by atoms with E-state index in [0.717, 1.165) is 23.3 Å². The van der Waals surface area contributed by atoms with Gasteiger partial charge in [0, 0.05) is 76.7 Å². The maximum Gasteiger partial charge on any atom is 0.416 e. The first-order valence-corrected chi connectivity index (χ1v) is 15.7. The van der Waals surface area contributed by atoms with E-state index in [1.165, 1.54) is 12.1 Å². The van der Waals surface area contributed by atoms with Crippen molar-refractivity contribution in [2.24, 2.45) is 5.92 Å². The van der Waals surface area contributed by atoms with Crippen LogP contribution in [0.25, 0.3) is 0 Å². The van der Waals surface area contributed by atoms with Crippen LogP contribution in [0.1, 0.15) is 52.7 Å². The summed E-state index contributed by atoms with van der Waals surface area (Å²) in [6.07, 6.45) is -2.09. The topological polar surface area (TPSA) is 82.6 Å². The largest absolute Gasteiger partial charge is 0.441 e. The molecular weight excluding hydrogens is 589 g/mol. The molecule has 12 heteroatoms. The molecule has 4 heterocycles. The van der Waals surface area contributed by atoms with Gasteiger partial charge in [0.05, 0.1) is 25.3 Å². The molecule has 4 aliphatic rings. The van der Waals surface area contributed by atoms with Crippen LogP contribution in [0.15, 0.2) is 48.5 Å². The average molecular weight is 629 g/mol. The summed E-state index contributed by atoms with van der Waals surface area (Å²) in [5.41, 5.74) is 1.07. The number of morpholine rings is 1. The molecule has 0 unspecified atom stereocenters. The second kappa shape index (κ2) is 13.0. The van der Waals surface area contributed by atoms with E-state index in [9.17, 15) is 27.6 Å². The average Bonchev–Trinajstić information content (AvgIpc) is 3.35. The van der Waals surface area contributed by atoms with Crippen LogP contribution in [0.4, 0.5) is 18.0 Å². The van der Waals surface area contributed by atoms with E-state index in [1.807, 2.05) is 21.9 Å². The molecule has 6 rings (SSSR count). The van der Waals surface area contributed by atoms with Gasteiger partial charge < -0.3 is 19.3 Å². The second-order valence-corrected chi connectivity index (χ2v) is 12.6. The maximum atomic E-state index is 13.2. The third-order valence-electron chi connectivity index (χ3n) is 9.52. The normalized spacial score (nSPS) is 21.3. The van der Waals surface area contributed by atoms with Crippen LogP contribution in [0.5, 0.6) is 0 Å². The zero-order chi connectivity index (χ0) is 31.6. The molecule has 4 aliphatic heterocycles. The van der Waals surface area contributed by atoms with E-state index >= 15 is 0 Å². The van der Waals surface area contributed by atoms with Gasteiger partial charge in [-0.2, -0.15) is 13.2 Å². The summed E-state index contributed by atoms with van der Waals surface area (Å²) in [5, 5.41) is 0. The molecule has 0 aromatic heterocycles. The van der Waals surface area contributed by atoms with Gasteiger partial charge in [-0.3, -0.25) is 19.4 Å². The van der Waals surface area contributed by atoms with Crippen LogP contribution in [0.3, 0.4) is 0 Å². The minimum atomic E-state index is -4.35. The molecule has 3 amide bonds. The van der Waals surface area contributed by atoms with Crippen LogP contribution >= 0.6 is 0 Å². The van der Waals surface area contributed by atoms with Crippen LogP contribution in [-0.4, -0.2) is 102 Å². The van der Waals surface area contributed by atoms with E-state index in [-0.39, 0.29) is 23.8 Å². The summed E-state index contributed by atoms with van der Waals surface area (Å²) in [6, 6.07) is 12.6. The second-order valence-electron chi connectivity index (χ2n) is 12.6. The lowest BCUT2D eigenvalue weighted by molar-refractivity contribution is -0.141. The van der Waals surface area contributed by atoms with Gasteiger partial charge in [-0.25, -0.2) is 4.79 Å². The number of hydrogen-bond acceptors (Lipinski definition) is 6. The molecule has 2 aromatic carbocycles. The van der Waals surface area contributed by atoms with E-state index in [2.05, 4.69) is 4.90 Å². The summed E-state index contributed by atoms with van der Waals surface area (Å²) < 4.78 is 49.8. The summed E-state index contributed by atoms with van der Waals surface area (Å²) in [7, 11) is 0. The summed E-state index contributed by atoms with van der Waals surface area (Å²) >= 11 is 0. The number of halogens is 3. The molecule has 0 aliphatic carbocycles. The van der Waals surface area contributed by atoms with Gasteiger partial charge in [0.25, 0.3) is 5.91 Å². The molecule has 242 valence electrons. The van der Waals surface area contributed by atoms with E-state index < -0.39 is 17.3 Å². The van der Waals surface area contributed by atoms with Crippen LogP contribution in [-0.2, 0) is 33.5 Å². The van der Waals surface area contributed by atoms with E-state index in [0.29, 0.717) is 103 Å². The zero-order valence-corrected chi connectivity index (χ0v) is 25.3. The van der Waals surface area contributed by atoms with Gasteiger partial charge in [0.1, 0.15) is 5.60 Å². The molecular formula is C33H39F3N4O5. The molecule has 4 saturated heterocycles. The highest BCUT2D eigenvalue weighted by Gasteiger charge is 2.47. The van der Waals surface area contributed by atoms with Crippen LogP contribution in [0, 0.1) is 5.92 Å². The summed E-state index contributed by atoms with van der Waals surface area (Å²) in [6.45, 7) is 6.26. The standard InChI is InChI=1S/C33H39F3N4O5/c34-33(35,36)28-7-3-24(4-8-28)21-37-15-11-32(12-16-37)23-40(31(43)45-32)22-25-1-5-26(6-2-25)29(41)38-13-9-27(10-14-38)30(42)39-17-19-44-20-18-39/h1-8,27H,9-23H2. The van der Waals surface area contributed by atoms with Gasteiger partial charge in [-0.05, 0) is 48.2 Å². The molecule has 45 heavy (non-hydrogen) atoms. The Balaban J connectivity index is 0.960. The van der Waals surface area contributed by atoms with Gasteiger partial charge in [-0.15, -0.1) is 0 Å². The lowest BCUT2D eigenvalue weighted by atomic mass is 9.91. The Morgan fingerprint density at radius 2 is 1.40 bits per heavy atom. The van der Waals surface area contributed by atoms with Crippen LogP contribution in [0.2, 0.25) is 0 Å². The molecule has 0 atom stereocenters. The highest BCUT2D eigenvalue weighted by atomic mass is 19.4. The first kappa shape index (κ1) is 31.3. The number of carbonyl (C=O) groups is 3. The predicted molar refractivity (Wildman–Crippen MR) is 158 cm³/mol. The van der Waals surface area contributed by atoms with Crippen molar-refractivity contribution in [2.45, 2.75) is 50.6 Å². The van der Waals surface area contributed by atoms with Crippen LogP contribution < -0.4 is 0 Å². The Kier molecular flexibility index (Phi) is 9.05. The molecule has 0 N–H and O–H groups in total. The molecule has 0 bridgehead atoms. The Morgan fingerprint density at radius 3 is 2.02 bits per heavy atom.